The van der Waals surface area contributed by atoms with Gasteiger partial charge in [0, 0.05) is 0 Å². The van der Waals surface area contributed by atoms with Crippen LogP contribution in [0.25, 0.3) is 6.08 Å². The fourth-order valence-electron chi connectivity index (χ4n) is 2.82. The lowest BCUT2D eigenvalue weighted by molar-refractivity contribution is -0.114. The van der Waals surface area contributed by atoms with Crippen LogP contribution in [0, 0.1) is 29.1 Å². The number of nitrogens with zero attached hydrogens (tertiary/aromatic N) is 2. The summed E-state index contributed by atoms with van der Waals surface area (Å²) in [7, 11) is 1.41. The van der Waals surface area contributed by atoms with Gasteiger partial charge < -0.3 is 9.47 Å². The zero-order valence-corrected chi connectivity index (χ0v) is 16.3. The van der Waals surface area contributed by atoms with Crippen molar-refractivity contribution in [2.45, 2.75) is 6.92 Å². The third kappa shape index (κ3) is 3.88. The van der Waals surface area contributed by atoms with Gasteiger partial charge in [-0.05, 0) is 30.7 Å². The molecule has 0 spiro atoms. The molecule has 31 heavy (non-hydrogen) atoms. The maximum absolute atomic E-state index is 14.1. The summed E-state index contributed by atoms with van der Waals surface area (Å²) < 4.78 is 79.3. The molecule has 0 saturated heterocycles. The highest BCUT2D eigenvalue weighted by Crippen LogP contribution is 2.35. The van der Waals surface area contributed by atoms with E-state index >= 15 is 0 Å². The van der Waals surface area contributed by atoms with E-state index in [-0.39, 0.29) is 22.9 Å². The predicted octanol–water partition coefficient (Wildman–Crippen LogP) is 4.76. The molecule has 1 aliphatic rings. The Morgan fingerprint density at radius 2 is 1.65 bits per heavy atom. The topological polar surface area (TPSA) is 51.1 Å². The van der Waals surface area contributed by atoms with Gasteiger partial charge in [-0.2, -0.15) is 10.1 Å². The summed E-state index contributed by atoms with van der Waals surface area (Å²) in [4.78, 5) is 12.7. The van der Waals surface area contributed by atoms with Crippen molar-refractivity contribution in [1.82, 2.24) is 0 Å². The van der Waals surface area contributed by atoms with Gasteiger partial charge in [-0.3, -0.25) is 4.79 Å². The van der Waals surface area contributed by atoms with Gasteiger partial charge in [-0.15, -0.1) is 0 Å². The van der Waals surface area contributed by atoms with E-state index in [0.717, 1.165) is 0 Å². The number of rotatable bonds is 6. The molecule has 0 bridgehead atoms. The van der Waals surface area contributed by atoms with Gasteiger partial charge in [0.25, 0.3) is 5.91 Å². The smallest absolute Gasteiger partial charge is 0.280 e. The third-order valence-electron chi connectivity index (χ3n) is 4.32. The lowest BCUT2D eigenvalue weighted by Crippen LogP contribution is -2.25. The second kappa shape index (κ2) is 8.58. The molecule has 0 atom stereocenters. The molecule has 0 saturated carbocycles. The molecule has 0 aliphatic carbocycles. The average Bonchev–Trinajstić information content (AvgIpc) is 3.03. The number of anilines is 1. The monoisotopic (exact) mass is 438 g/mol. The molecule has 3 rings (SSSR count). The number of benzene rings is 2. The Balaban J connectivity index is 2.01. The van der Waals surface area contributed by atoms with E-state index < -0.39 is 40.7 Å². The quantitative estimate of drug-likeness (QED) is 0.215. The second-order valence-corrected chi connectivity index (χ2v) is 6.29. The number of hydrogen-bond acceptors (Lipinski definition) is 4. The number of methoxy groups -OCH3 is 1. The molecule has 2 aromatic carbocycles. The lowest BCUT2D eigenvalue weighted by Gasteiger charge is -2.15. The van der Waals surface area contributed by atoms with Crippen LogP contribution < -0.4 is 14.5 Å². The summed E-state index contributed by atoms with van der Waals surface area (Å²) in [6, 6.07) is 4.69. The fourth-order valence-corrected chi connectivity index (χ4v) is 2.82. The van der Waals surface area contributed by atoms with Gasteiger partial charge in [0.1, 0.15) is 12.3 Å². The molecule has 2 aromatic rings. The second-order valence-electron chi connectivity index (χ2n) is 6.29. The molecule has 162 valence electrons. The summed E-state index contributed by atoms with van der Waals surface area (Å²) >= 11 is 0. The Kier molecular flexibility index (Phi) is 6.09. The van der Waals surface area contributed by atoms with Gasteiger partial charge >= 0.3 is 0 Å². The number of carbonyl (C=O) groups excluding carboxylic acids is 1. The van der Waals surface area contributed by atoms with Gasteiger partial charge in [-0.1, -0.05) is 18.7 Å². The number of amides is 1. The first-order valence-electron chi connectivity index (χ1n) is 8.76. The van der Waals surface area contributed by atoms with Crippen LogP contribution in [-0.2, 0) is 4.79 Å². The van der Waals surface area contributed by atoms with Crippen molar-refractivity contribution in [3.8, 4) is 11.5 Å². The van der Waals surface area contributed by atoms with E-state index in [9.17, 15) is 26.7 Å². The van der Waals surface area contributed by atoms with Gasteiger partial charge in [0.05, 0.1) is 18.4 Å². The Labute approximate surface area is 173 Å². The highest BCUT2D eigenvalue weighted by atomic mass is 19.2. The molecular weight excluding hydrogens is 423 g/mol. The van der Waals surface area contributed by atoms with Crippen LogP contribution in [0.5, 0.6) is 11.5 Å². The van der Waals surface area contributed by atoms with Crippen molar-refractivity contribution in [1.29, 1.82) is 0 Å². The molecule has 0 unspecified atom stereocenters. The van der Waals surface area contributed by atoms with E-state index in [1.165, 1.54) is 26.2 Å². The van der Waals surface area contributed by atoms with Gasteiger partial charge in [0.2, 0.25) is 5.82 Å². The number of hydrazone groups is 1. The standard InChI is InChI=1S/C21H15F5N2O3/c1-4-7-31-13-6-5-11(9-14(13)30-3)8-12-10(2)27-28(21(12)29)20-18(25)16(23)15(22)17(24)19(20)26/h4-6,8-9H,1,7H2,2-3H3/b12-8+. The summed E-state index contributed by atoms with van der Waals surface area (Å²) in [6.45, 7) is 5.13. The van der Waals surface area contributed by atoms with Crippen LogP contribution in [0.15, 0.2) is 41.5 Å². The molecule has 1 aliphatic heterocycles. The SMILES string of the molecule is C=CCOc1ccc(/C=C2/C(=O)N(c3c(F)c(F)c(F)c(F)c3F)N=C2C)cc1OC. The van der Waals surface area contributed by atoms with Crippen LogP contribution in [0.3, 0.4) is 0 Å². The third-order valence-corrected chi connectivity index (χ3v) is 4.32. The zero-order valence-electron chi connectivity index (χ0n) is 16.3. The first-order chi connectivity index (χ1) is 14.7. The minimum atomic E-state index is -2.33. The molecule has 1 amide bonds. The zero-order chi connectivity index (χ0) is 22.9. The summed E-state index contributed by atoms with van der Waals surface area (Å²) in [5.41, 5.74) is -1.10. The van der Waals surface area contributed by atoms with Crippen molar-refractivity contribution < 1.29 is 36.2 Å². The van der Waals surface area contributed by atoms with Crippen LogP contribution >= 0.6 is 0 Å². The van der Waals surface area contributed by atoms with E-state index in [2.05, 4.69) is 11.7 Å². The van der Waals surface area contributed by atoms with Crippen molar-refractivity contribution in [3.05, 3.63) is 71.1 Å². The Morgan fingerprint density at radius 3 is 2.23 bits per heavy atom. The maximum Gasteiger partial charge on any atom is 0.280 e. The highest BCUT2D eigenvalue weighted by Gasteiger charge is 2.37. The predicted molar refractivity (Wildman–Crippen MR) is 103 cm³/mol. The lowest BCUT2D eigenvalue weighted by atomic mass is 10.1. The molecule has 0 radical (unpaired) electrons. The first-order valence-corrected chi connectivity index (χ1v) is 8.76. The summed E-state index contributed by atoms with van der Waals surface area (Å²) in [5.74, 6) is -11.3. The molecule has 5 nitrogen and oxygen atoms in total. The number of ether oxygens (including phenoxy) is 2. The van der Waals surface area contributed by atoms with Crippen molar-refractivity contribution >= 4 is 23.4 Å². The first kappa shape index (κ1) is 22.0. The van der Waals surface area contributed by atoms with Crippen LogP contribution in [0.4, 0.5) is 27.6 Å². The van der Waals surface area contributed by atoms with E-state index in [0.29, 0.717) is 17.1 Å². The molecular formula is C21H15F5N2O3. The molecule has 0 aromatic heterocycles. The van der Waals surface area contributed by atoms with Crippen LogP contribution in [-0.4, -0.2) is 25.3 Å². The Morgan fingerprint density at radius 1 is 1.03 bits per heavy atom. The fraction of sp³-hybridized carbons (Fsp3) is 0.143. The molecule has 10 heteroatoms. The minimum Gasteiger partial charge on any atom is -0.493 e. The van der Waals surface area contributed by atoms with Crippen molar-refractivity contribution in [2.75, 3.05) is 18.7 Å². The van der Waals surface area contributed by atoms with E-state index in [1.807, 2.05) is 0 Å². The van der Waals surface area contributed by atoms with Gasteiger partial charge in [0.15, 0.2) is 34.8 Å². The number of hydrogen-bond donors (Lipinski definition) is 0. The molecule has 0 fully saturated rings. The van der Waals surface area contributed by atoms with E-state index in [1.54, 1.807) is 18.2 Å². The number of halogens is 5. The normalized spacial score (nSPS) is 14.8. The Bertz CT molecular complexity index is 1120. The molecule has 0 N–H and O–H groups in total. The minimum absolute atomic E-state index is 0.0138. The van der Waals surface area contributed by atoms with Crippen LogP contribution in [0.2, 0.25) is 0 Å². The Hall–Kier alpha value is -3.69. The largest absolute Gasteiger partial charge is 0.493 e. The van der Waals surface area contributed by atoms with Crippen molar-refractivity contribution in [2.24, 2.45) is 5.10 Å². The number of carbonyl (C=O) groups is 1. The summed E-state index contributed by atoms with van der Waals surface area (Å²) in [6.07, 6.45) is 2.88. The molecule has 1 heterocycles. The van der Waals surface area contributed by atoms with Crippen molar-refractivity contribution in [3.63, 3.8) is 0 Å². The summed E-state index contributed by atoms with van der Waals surface area (Å²) in [5, 5.41) is 3.83. The average molecular weight is 438 g/mol. The maximum atomic E-state index is 14.1. The van der Waals surface area contributed by atoms with E-state index in [4.69, 9.17) is 9.47 Å². The van der Waals surface area contributed by atoms with Gasteiger partial charge in [-0.25, -0.2) is 22.0 Å². The van der Waals surface area contributed by atoms with Crippen LogP contribution in [0.1, 0.15) is 12.5 Å². The highest BCUT2D eigenvalue weighted by molar-refractivity contribution is 6.32.